The summed E-state index contributed by atoms with van der Waals surface area (Å²) in [4.78, 5) is 2.42. The van der Waals surface area contributed by atoms with Crippen LogP contribution in [0.2, 0.25) is 5.02 Å². The molecule has 1 fully saturated rings. The summed E-state index contributed by atoms with van der Waals surface area (Å²) in [5.41, 5.74) is 0.957. The van der Waals surface area contributed by atoms with Crippen molar-refractivity contribution in [3.63, 3.8) is 0 Å². The van der Waals surface area contributed by atoms with Gasteiger partial charge >= 0.3 is 0 Å². The summed E-state index contributed by atoms with van der Waals surface area (Å²) >= 11 is 7.94. The van der Waals surface area contributed by atoms with Gasteiger partial charge in [0.2, 0.25) is 0 Å². The molecule has 1 unspecified atom stereocenters. The zero-order chi connectivity index (χ0) is 14.4. The molecule has 0 saturated carbocycles. The molecule has 20 heavy (non-hydrogen) atoms. The monoisotopic (exact) mass is 313 g/mol. The summed E-state index contributed by atoms with van der Waals surface area (Å²) in [5, 5.41) is 11.8. The lowest BCUT2D eigenvalue weighted by Crippen LogP contribution is -2.33. The fraction of sp³-hybridized carbons (Fsp3) is 0.625. The molecule has 2 nitrogen and oxygen atoms in total. The van der Waals surface area contributed by atoms with Crippen LogP contribution >= 0.6 is 23.4 Å². The van der Waals surface area contributed by atoms with E-state index in [0.29, 0.717) is 0 Å². The maximum absolute atomic E-state index is 10.4. The molecule has 0 aromatic heterocycles. The van der Waals surface area contributed by atoms with Gasteiger partial charge in [-0.15, -0.1) is 0 Å². The van der Waals surface area contributed by atoms with Crippen LogP contribution < -0.4 is 0 Å². The summed E-state index contributed by atoms with van der Waals surface area (Å²) in [6.45, 7) is 5.15. The van der Waals surface area contributed by atoms with Crippen LogP contribution in [0.4, 0.5) is 0 Å². The first kappa shape index (κ1) is 16.2. The largest absolute Gasteiger partial charge is 0.387 e. The maximum atomic E-state index is 10.4. The van der Waals surface area contributed by atoms with Gasteiger partial charge in [0.25, 0.3) is 0 Å². The van der Waals surface area contributed by atoms with Crippen molar-refractivity contribution < 1.29 is 5.11 Å². The number of aliphatic hydroxyl groups excluding tert-OH is 1. The SMILES string of the molecule is CCSC1CCCCN(C[C@@H](O)c2ccc(Cl)cc2)C1. The van der Waals surface area contributed by atoms with E-state index >= 15 is 0 Å². The summed E-state index contributed by atoms with van der Waals surface area (Å²) in [6, 6.07) is 7.53. The topological polar surface area (TPSA) is 23.5 Å². The van der Waals surface area contributed by atoms with Crippen LogP contribution in [0.3, 0.4) is 0 Å². The molecule has 1 heterocycles. The molecule has 1 aliphatic heterocycles. The molecular weight excluding hydrogens is 290 g/mol. The van der Waals surface area contributed by atoms with Gasteiger partial charge in [-0.05, 0) is 42.8 Å². The van der Waals surface area contributed by atoms with Crippen molar-refractivity contribution in [2.24, 2.45) is 0 Å². The average Bonchev–Trinajstić information content (AvgIpc) is 2.65. The van der Waals surface area contributed by atoms with Crippen LogP contribution in [-0.4, -0.2) is 40.6 Å². The fourth-order valence-electron chi connectivity index (χ4n) is 2.75. The Hall–Kier alpha value is -0.220. The molecule has 1 aromatic carbocycles. The van der Waals surface area contributed by atoms with Gasteiger partial charge in [-0.3, -0.25) is 4.90 Å². The number of likely N-dealkylation sites (tertiary alicyclic amines) is 1. The summed E-state index contributed by atoms with van der Waals surface area (Å²) in [7, 11) is 0. The summed E-state index contributed by atoms with van der Waals surface area (Å²) < 4.78 is 0. The van der Waals surface area contributed by atoms with Crippen LogP contribution in [0.25, 0.3) is 0 Å². The highest BCUT2D eigenvalue weighted by molar-refractivity contribution is 7.99. The number of halogens is 1. The van der Waals surface area contributed by atoms with E-state index in [-0.39, 0.29) is 0 Å². The number of β-amino-alcohol motifs (C(OH)–C–C–N with tert-alkyl or cyclic N) is 1. The van der Waals surface area contributed by atoms with Crippen molar-refractivity contribution in [3.8, 4) is 0 Å². The first-order valence-corrected chi connectivity index (χ1v) is 8.89. The predicted octanol–water partition coefficient (Wildman–Crippen LogP) is 3.98. The third-order valence-electron chi connectivity index (χ3n) is 3.80. The third-order valence-corrected chi connectivity index (χ3v) is 5.24. The van der Waals surface area contributed by atoms with Crippen LogP contribution in [0.1, 0.15) is 37.9 Å². The second kappa shape index (κ2) is 8.28. The van der Waals surface area contributed by atoms with Gasteiger partial charge < -0.3 is 5.11 Å². The minimum Gasteiger partial charge on any atom is -0.387 e. The van der Waals surface area contributed by atoms with Crippen molar-refractivity contribution >= 4 is 23.4 Å². The molecule has 0 spiro atoms. The molecule has 0 amide bonds. The molecule has 1 aromatic rings. The molecule has 1 saturated heterocycles. The van der Waals surface area contributed by atoms with Gasteiger partial charge in [-0.2, -0.15) is 11.8 Å². The van der Waals surface area contributed by atoms with Crippen molar-refractivity contribution in [2.75, 3.05) is 25.4 Å². The molecule has 1 aliphatic rings. The molecule has 2 atom stereocenters. The van der Waals surface area contributed by atoms with E-state index in [0.717, 1.165) is 35.5 Å². The summed E-state index contributed by atoms with van der Waals surface area (Å²) in [6.07, 6.45) is 3.45. The summed E-state index contributed by atoms with van der Waals surface area (Å²) in [5.74, 6) is 1.18. The molecule has 2 rings (SSSR count). The van der Waals surface area contributed by atoms with E-state index in [1.165, 1.54) is 25.0 Å². The van der Waals surface area contributed by atoms with Gasteiger partial charge in [-0.25, -0.2) is 0 Å². The Morgan fingerprint density at radius 3 is 2.80 bits per heavy atom. The van der Waals surface area contributed by atoms with Crippen LogP contribution in [0, 0.1) is 0 Å². The molecule has 0 bridgehead atoms. The number of hydrogen-bond donors (Lipinski definition) is 1. The average molecular weight is 314 g/mol. The Morgan fingerprint density at radius 2 is 2.10 bits per heavy atom. The number of hydrogen-bond acceptors (Lipinski definition) is 3. The lowest BCUT2D eigenvalue weighted by Gasteiger charge is -2.26. The minimum absolute atomic E-state index is 0.419. The molecule has 0 radical (unpaired) electrons. The Morgan fingerprint density at radius 1 is 1.35 bits per heavy atom. The maximum Gasteiger partial charge on any atom is 0.0916 e. The van der Waals surface area contributed by atoms with E-state index < -0.39 is 6.10 Å². The molecule has 4 heteroatoms. The number of aliphatic hydroxyl groups is 1. The Kier molecular flexibility index (Phi) is 6.69. The second-order valence-corrected chi connectivity index (χ2v) is 7.41. The highest BCUT2D eigenvalue weighted by Crippen LogP contribution is 2.24. The lowest BCUT2D eigenvalue weighted by molar-refractivity contribution is 0.116. The Bertz CT molecular complexity index is 398. The van der Waals surface area contributed by atoms with Crippen LogP contribution in [0.15, 0.2) is 24.3 Å². The van der Waals surface area contributed by atoms with Crippen molar-refractivity contribution in [2.45, 2.75) is 37.5 Å². The Balaban J connectivity index is 1.91. The Labute approximate surface area is 131 Å². The van der Waals surface area contributed by atoms with Gasteiger partial charge in [0.15, 0.2) is 0 Å². The van der Waals surface area contributed by atoms with E-state index in [9.17, 15) is 5.11 Å². The van der Waals surface area contributed by atoms with Crippen LogP contribution in [-0.2, 0) is 0 Å². The molecule has 1 N–H and O–H groups in total. The van der Waals surface area contributed by atoms with E-state index in [1.54, 1.807) is 0 Å². The van der Waals surface area contributed by atoms with Gasteiger partial charge in [0.05, 0.1) is 6.10 Å². The molecule has 0 aliphatic carbocycles. The number of nitrogens with zero attached hydrogens (tertiary/aromatic N) is 1. The first-order valence-electron chi connectivity index (χ1n) is 7.46. The van der Waals surface area contributed by atoms with Gasteiger partial charge in [0, 0.05) is 23.4 Å². The zero-order valence-corrected chi connectivity index (χ0v) is 13.7. The fourth-order valence-corrected chi connectivity index (χ4v) is 4.00. The standard InChI is InChI=1S/C16H24ClNOS/c1-2-20-15-5-3-4-10-18(11-15)12-16(19)13-6-8-14(17)9-7-13/h6-9,15-16,19H,2-5,10-12H2,1H3/t15?,16-/m1/s1. The number of rotatable bonds is 5. The normalized spacial score (nSPS) is 22.4. The third kappa shape index (κ3) is 4.96. The highest BCUT2D eigenvalue weighted by Gasteiger charge is 2.20. The van der Waals surface area contributed by atoms with Crippen molar-refractivity contribution in [3.05, 3.63) is 34.9 Å². The van der Waals surface area contributed by atoms with E-state index in [2.05, 4.69) is 23.6 Å². The highest BCUT2D eigenvalue weighted by atomic mass is 35.5. The van der Waals surface area contributed by atoms with Gasteiger partial charge in [-0.1, -0.05) is 37.1 Å². The quantitative estimate of drug-likeness (QED) is 0.889. The minimum atomic E-state index is -0.419. The van der Waals surface area contributed by atoms with Crippen LogP contribution in [0.5, 0.6) is 0 Å². The zero-order valence-electron chi connectivity index (χ0n) is 12.1. The number of thioether (sulfide) groups is 1. The first-order chi connectivity index (χ1) is 9.69. The lowest BCUT2D eigenvalue weighted by atomic mass is 10.1. The molecule has 112 valence electrons. The predicted molar refractivity (Wildman–Crippen MR) is 88.6 cm³/mol. The molecular formula is C16H24ClNOS. The van der Waals surface area contributed by atoms with E-state index in [1.807, 2.05) is 24.3 Å². The van der Waals surface area contributed by atoms with Crippen molar-refractivity contribution in [1.82, 2.24) is 4.90 Å². The van der Waals surface area contributed by atoms with Crippen molar-refractivity contribution in [1.29, 1.82) is 0 Å². The van der Waals surface area contributed by atoms with E-state index in [4.69, 9.17) is 11.6 Å². The smallest absolute Gasteiger partial charge is 0.0916 e. The number of benzene rings is 1. The second-order valence-electron chi connectivity index (χ2n) is 5.40. The van der Waals surface area contributed by atoms with Gasteiger partial charge in [0.1, 0.15) is 0 Å².